The van der Waals surface area contributed by atoms with Crippen molar-refractivity contribution in [2.45, 2.75) is 19.8 Å². The van der Waals surface area contributed by atoms with Crippen LogP contribution in [0.15, 0.2) is 24.3 Å². The highest BCUT2D eigenvalue weighted by molar-refractivity contribution is 7.92. The molecule has 0 bridgehead atoms. The number of carbonyl (C=O) groups excluding carboxylic acids is 1. The predicted molar refractivity (Wildman–Crippen MR) is 81.3 cm³/mol. The Balaban J connectivity index is 2.52. The van der Waals surface area contributed by atoms with Crippen LogP contribution in [0.2, 0.25) is 0 Å². The molecule has 0 unspecified atom stereocenters. The molecule has 0 heterocycles. The summed E-state index contributed by atoms with van der Waals surface area (Å²) in [5.41, 5.74) is 1.14. The Kier molecular flexibility index (Phi) is 6.47. The molecule has 1 rings (SSSR count). The second kappa shape index (κ2) is 7.86. The van der Waals surface area contributed by atoms with Crippen molar-refractivity contribution >= 4 is 27.3 Å². The lowest BCUT2D eigenvalue weighted by molar-refractivity contribution is -0.116. The van der Waals surface area contributed by atoms with E-state index < -0.39 is 10.0 Å². The largest absolute Gasteiger partial charge is 0.326 e. The Morgan fingerprint density at radius 1 is 1.15 bits per heavy atom. The minimum atomic E-state index is -3.27. The molecule has 1 aromatic carbocycles. The van der Waals surface area contributed by atoms with Gasteiger partial charge in [-0.05, 0) is 51.2 Å². The van der Waals surface area contributed by atoms with Crippen molar-refractivity contribution in [3.8, 4) is 0 Å². The van der Waals surface area contributed by atoms with E-state index in [0.717, 1.165) is 13.0 Å². The summed E-state index contributed by atoms with van der Waals surface area (Å²) in [6, 6.07) is 6.58. The summed E-state index contributed by atoms with van der Waals surface area (Å²) in [6.07, 6.45) is 1.22. The van der Waals surface area contributed by atoms with Gasteiger partial charge in [0.1, 0.15) is 0 Å². The minimum Gasteiger partial charge on any atom is -0.326 e. The first kappa shape index (κ1) is 16.5. The number of nitrogens with one attached hydrogen (secondary N) is 3. The van der Waals surface area contributed by atoms with Gasteiger partial charge in [-0.15, -0.1) is 0 Å². The fraction of sp³-hybridized carbons (Fsp3) is 0.462. The second-order valence-corrected chi connectivity index (χ2v) is 6.35. The molecule has 3 N–H and O–H groups in total. The van der Waals surface area contributed by atoms with Crippen LogP contribution < -0.4 is 15.4 Å². The van der Waals surface area contributed by atoms with E-state index in [1.807, 2.05) is 7.05 Å². The van der Waals surface area contributed by atoms with Gasteiger partial charge in [0.05, 0.1) is 5.75 Å². The first-order chi connectivity index (χ1) is 9.46. The fourth-order valence-electron chi connectivity index (χ4n) is 1.52. The number of hydrogen-bond donors (Lipinski definition) is 3. The van der Waals surface area contributed by atoms with Crippen molar-refractivity contribution in [1.29, 1.82) is 0 Å². The van der Waals surface area contributed by atoms with Gasteiger partial charge in [-0.1, -0.05) is 0 Å². The van der Waals surface area contributed by atoms with Gasteiger partial charge in [0, 0.05) is 17.8 Å². The molecule has 0 fully saturated rings. The third-order valence-corrected chi connectivity index (χ3v) is 3.96. The summed E-state index contributed by atoms with van der Waals surface area (Å²) in [5.74, 6) is -0.0288. The first-order valence-electron chi connectivity index (χ1n) is 6.52. The first-order valence-corrected chi connectivity index (χ1v) is 8.17. The molecule has 0 aromatic heterocycles. The number of sulfonamides is 1. The van der Waals surface area contributed by atoms with Gasteiger partial charge in [-0.3, -0.25) is 9.52 Å². The van der Waals surface area contributed by atoms with Crippen LogP contribution in [0, 0.1) is 0 Å². The molecule has 0 aliphatic heterocycles. The van der Waals surface area contributed by atoms with Crippen molar-refractivity contribution < 1.29 is 13.2 Å². The number of benzene rings is 1. The third-order valence-electron chi connectivity index (χ3n) is 2.65. The number of amides is 1. The highest BCUT2D eigenvalue weighted by Gasteiger charge is 2.07. The third kappa shape index (κ3) is 6.03. The molecule has 7 heteroatoms. The van der Waals surface area contributed by atoms with E-state index in [0.29, 0.717) is 17.8 Å². The maximum atomic E-state index is 11.6. The summed E-state index contributed by atoms with van der Waals surface area (Å²) in [7, 11) is -1.43. The molecular weight excluding hydrogens is 278 g/mol. The van der Waals surface area contributed by atoms with E-state index in [9.17, 15) is 13.2 Å². The van der Waals surface area contributed by atoms with Crippen molar-refractivity contribution in [3.05, 3.63) is 24.3 Å². The maximum Gasteiger partial charge on any atom is 0.232 e. The smallest absolute Gasteiger partial charge is 0.232 e. The molecule has 1 aromatic rings. The Morgan fingerprint density at radius 3 is 2.30 bits per heavy atom. The van der Waals surface area contributed by atoms with E-state index >= 15 is 0 Å². The van der Waals surface area contributed by atoms with Crippen LogP contribution >= 0.6 is 0 Å². The Morgan fingerprint density at radius 2 is 1.75 bits per heavy atom. The average Bonchev–Trinajstić information content (AvgIpc) is 2.41. The molecule has 6 nitrogen and oxygen atoms in total. The Hall–Kier alpha value is -1.60. The zero-order valence-electron chi connectivity index (χ0n) is 11.8. The van der Waals surface area contributed by atoms with Crippen molar-refractivity contribution in [2.24, 2.45) is 0 Å². The van der Waals surface area contributed by atoms with Crippen molar-refractivity contribution in [2.75, 3.05) is 29.4 Å². The van der Waals surface area contributed by atoms with Crippen molar-refractivity contribution in [3.63, 3.8) is 0 Å². The van der Waals surface area contributed by atoms with Crippen LogP contribution in [0.4, 0.5) is 11.4 Å². The predicted octanol–water partition coefficient (Wildman–Crippen LogP) is 1.39. The standard InChI is InChI=1S/C13H21N3O3S/c1-3-20(18,19)16-12-8-6-11(7-9-12)15-13(17)5-4-10-14-2/h6-9,14,16H,3-5,10H2,1-2H3,(H,15,17). The highest BCUT2D eigenvalue weighted by Crippen LogP contribution is 2.15. The van der Waals surface area contributed by atoms with Gasteiger partial charge in [-0.25, -0.2) is 8.42 Å². The van der Waals surface area contributed by atoms with Gasteiger partial charge in [0.2, 0.25) is 15.9 Å². The molecule has 1 amide bonds. The van der Waals surface area contributed by atoms with Gasteiger partial charge in [0.25, 0.3) is 0 Å². The Labute approximate surface area is 120 Å². The number of hydrogen-bond acceptors (Lipinski definition) is 4. The molecule has 20 heavy (non-hydrogen) atoms. The lowest BCUT2D eigenvalue weighted by atomic mass is 10.2. The summed E-state index contributed by atoms with van der Waals surface area (Å²) < 4.78 is 25.2. The van der Waals surface area contributed by atoms with Gasteiger partial charge < -0.3 is 10.6 Å². The summed E-state index contributed by atoms with van der Waals surface area (Å²) in [6.45, 7) is 2.37. The highest BCUT2D eigenvalue weighted by atomic mass is 32.2. The second-order valence-electron chi connectivity index (χ2n) is 4.34. The molecule has 0 radical (unpaired) electrons. The molecule has 112 valence electrons. The van der Waals surface area contributed by atoms with Crippen LogP contribution in [0.3, 0.4) is 0 Å². The van der Waals surface area contributed by atoms with E-state index in [1.165, 1.54) is 0 Å². The van der Waals surface area contributed by atoms with E-state index in [1.54, 1.807) is 31.2 Å². The maximum absolute atomic E-state index is 11.6. The molecular formula is C13H21N3O3S. The average molecular weight is 299 g/mol. The van der Waals surface area contributed by atoms with Crippen LogP contribution in [0.1, 0.15) is 19.8 Å². The van der Waals surface area contributed by atoms with Gasteiger partial charge >= 0.3 is 0 Å². The monoisotopic (exact) mass is 299 g/mol. The zero-order chi connectivity index (χ0) is 15.0. The quantitative estimate of drug-likeness (QED) is 0.633. The lowest BCUT2D eigenvalue weighted by Gasteiger charge is -2.08. The normalized spacial score (nSPS) is 11.1. The molecule has 0 saturated carbocycles. The zero-order valence-corrected chi connectivity index (χ0v) is 12.6. The Bertz CT molecular complexity index is 526. The number of anilines is 2. The summed E-state index contributed by atoms with van der Waals surface area (Å²) in [4.78, 5) is 11.6. The van der Waals surface area contributed by atoms with E-state index in [2.05, 4.69) is 15.4 Å². The number of rotatable bonds is 8. The van der Waals surface area contributed by atoms with Gasteiger partial charge in [-0.2, -0.15) is 0 Å². The van der Waals surface area contributed by atoms with E-state index in [-0.39, 0.29) is 11.7 Å². The van der Waals surface area contributed by atoms with Crippen LogP contribution in [0.5, 0.6) is 0 Å². The summed E-state index contributed by atoms with van der Waals surface area (Å²) >= 11 is 0. The van der Waals surface area contributed by atoms with Gasteiger partial charge in [0.15, 0.2) is 0 Å². The topological polar surface area (TPSA) is 87.3 Å². The number of carbonyl (C=O) groups is 1. The van der Waals surface area contributed by atoms with Crippen molar-refractivity contribution in [1.82, 2.24) is 5.32 Å². The minimum absolute atomic E-state index is 0.0248. The van der Waals surface area contributed by atoms with Crippen LogP contribution in [-0.4, -0.2) is 33.7 Å². The molecule has 0 spiro atoms. The summed E-state index contributed by atoms with van der Waals surface area (Å²) in [5, 5.41) is 5.74. The molecule has 0 aliphatic rings. The van der Waals surface area contributed by atoms with Crippen LogP contribution in [0.25, 0.3) is 0 Å². The molecule has 0 atom stereocenters. The van der Waals surface area contributed by atoms with E-state index in [4.69, 9.17) is 0 Å². The molecule has 0 aliphatic carbocycles. The molecule has 0 saturated heterocycles. The fourth-order valence-corrected chi connectivity index (χ4v) is 2.16. The lowest BCUT2D eigenvalue weighted by Crippen LogP contribution is -2.16. The SMILES string of the molecule is CCS(=O)(=O)Nc1ccc(NC(=O)CCCNC)cc1. The van der Waals surface area contributed by atoms with Crippen LogP contribution in [-0.2, 0) is 14.8 Å².